The summed E-state index contributed by atoms with van der Waals surface area (Å²) in [4.78, 5) is 14.4. The number of hydrogen-bond donors (Lipinski definition) is 1. The highest BCUT2D eigenvalue weighted by atomic mass is 16.1. The molecule has 0 radical (unpaired) electrons. The van der Waals surface area contributed by atoms with Crippen LogP contribution in [0.1, 0.15) is 17.0 Å². The first-order valence-corrected chi connectivity index (χ1v) is 3.66. The maximum atomic E-state index is 10.4. The number of imidazole rings is 1. The number of rotatable bonds is 1. The van der Waals surface area contributed by atoms with E-state index in [4.69, 9.17) is 0 Å². The Kier molecular flexibility index (Phi) is 1.38. The normalized spacial score (nSPS) is 15.3. The van der Waals surface area contributed by atoms with Gasteiger partial charge >= 0.3 is 0 Å². The van der Waals surface area contributed by atoms with Crippen LogP contribution >= 0.6 is 0 Å². The summed E-state index contributed by atoms with van der Waals surface area (Å²) in [5, 5.41) is 3.16. The van der Waals surface area contributed by atoms with Gasteiger partial charge in [0.25, 0.3) is 0 Å². The molecule has 2 rings (SSSR count). The van der Waals surface area contributed by atoms with Crippen LogP contribution in [0, 0.1) is 0 Å². The number of nitrogens with one attached hydrogen (secondary N) is 1. The molecule has 0 amide bonds. The van der Waals surface area contributed by atoms with Crippen molar-refractivity contribution in [2.75, 3.05) is 11.9 Å². The molecule has 11 heavy (non-hydrogen) atoms. The first kappa shape index (κ1) is 6.39. The van der Waals surface area contributed by atoms with Gasteiger partial charge in [0, 0.05) is 13.1 Å². The van der Waals surface area contributed by atoms with Crippen LogP contribution in [0.25, 0.3) is 0 Å². The second kappa shape index (κ2) is 2.38. The number of aldehydes is 1. The van der Waals surface area contributed by atoms with Crippen LogP contribution in [0.3, 0.4) is 0 Å². The van der Waals surface area contributed by atoms with Crippen molar-refractivity contribution in [2.45, 2.75) is 13.0 Å². The zero-order valence-corrected chi connectivity index (χ0v) is 6.08. The molecule has 0 saturated carbocycles. The minimum Gasteiger partial charge on any atom is -0.370 e. The van der Waals surface area contributed by atoms with E-state index >= 15 is 0 Å². The number of hydrogen-bond acceptors (Lipinski definition) is 3. The van der Waals surface area contributed by atoms with Gasteiger partial charge < -0.3 is 9.88 Å². The molecule has 2 heterocycles. The molecular formula is C7H9N3O. The lowest BCUT2D eigenvalue weighted by atomic mass is 10.3. The Hall–Kier alpha value is -1.32. The van der Waals surface area contributed by atoms with E-state index in [-0.39, 0.29) is 0 Å². The fourth-order valence-electron chi connectivity index (χ4n) is 1.31. The summed E-state index contributed by atoms with van der Waals surface area (Å²) >= 11 is 0. The number of anilines is 1. The van der Waals surface area contributed by atoms with E-state index in [2.05, 4.69) is 10.3 Å². The third kappa shape index (κ3) is 0.906. The highest BCUT2D eigenvalue weighted by Crippen LogP contribution is 2.14. The molecule has 1 N–H and O–H groups in total. The average molecular weight is 151 g/mol. The minimum absolute atomic E-state index is 0.521. The van der Waals surface area contributed by atoms with Gasteiger partial charge in [0.2, 0.25) is 0 Å². The van der Waals surface area contributed by atoms with Crippen molar-refractivity contribution in [3.05, 3.63) is 12.0 Å². The molecule has 58 valence electrons. The molecule has 0 aromatic carbocycles. The number of carbonyl (C=O) groups excluding carboxylic acids is 1. The molecule has 0 spiro atoms. The highest BCUT2D eigenvalue weighted by molar-refractivity contribution is 5.71. The zero-order valence-electron chi connectivity index (χ0n) is 6.08. The van der Waals surface area contributed by atoms with Gasteiger partial charge in [0.15, 0.2) is 12.1 Å². The Morgan fingerprint density at radius 3 is 3.45 bits per heavy atom. The predicted molar refractivity (Wildman–Crippen MR) is 40.7 cm³/mol. The fraction of sp³-hybridized carbons (Fsp3) is 0.429. The third-order valence-corrected chi connectivity index (χ3v) is 1.86. The van der Waals surface area contributed by atoms with Crippen molar-refractivity contribution in [1.29, 1.82) is 0 Å². The summed E-state index contributed by atoms with van der Waals surface area (Å²) in [6.07, 6.45) is 3.55. The van der Waals surface area contributed by atoms with Crippen LogP contribution in [0.5, 0.6) is 0 Å². The maximum Gasteiger partial charge on any atom is 0.185 e. The summed E-state index contributed by atoms with van der Waals surface area (Å²) in [5.74, 6) is 1.48. The molecule has 1 aromatic heterocycles. The predicted octanol–water partition coefficient (Wildman–Crippen LogP) is 0.511. The lowest BCUT2D eigenvalue weighted by molar-refractivity contribution is 0.111. The summed E-state index contributed by atoms with van der Waals surface area (Å²) in [6, 6.07) is 0. The molecule has 1 aliphatic heterocycles. The molecule has 0 bridgehead atoms. The van der Waals surface area contributed by atoms with E-state index in [0.29, 0.717) is 5.82 Å². The molecular weight excluding hydrogens is 142 g/mol. The van der Waals surface area contributed by atoms with E-state index in [9.17, 15) is 4.79 Å². The first-order chi connectivity index (χ1) is 5.42. The van der Waals surface area contributed by atoms with Crippen molar-refractivity contribution < 1.29 is 4.79 Å². The number of fused-ring (bicyclic) bond motifs is 1. The van der Waals surface area contributed by atoms with Crippen molar-refractivity contribution in [2.24, 2.45) is 0 Å². The molecule has 4 heteroatoms. The highest BCUT2D eigenvalue weighted by Gasteiger charge is 2.11. The topological polar surface area (TPSA) is 46.9 Å². The molecule has 1 aromatic rings. The van der Waals surface area contributed by atoms with Gasteiger partial charge in [-0.2, -0.15) is 0 Å². The van der Waals surface area contributed by atoms with Crippen molar-refractivity contribution in [3.8, 4) is 0 Å². The largest absolute Gasteiger partial charge is 0.370 e. The van der Waals surface area contributed by atoms with E-state index in [0.717, 1.165) is 31.6 Å². The maximum absolute atomic E-state index is 10.4. The van der Waals surface area contributed by atoms with Crippen molar-refractivity contribution in [3.63, 3.8) is 0 Å². The Morgan fingerprint density at radius 2 is 2.64 bits per heavy atom. The molecule has 0 saturated heterocycles. The molecule has 1 aliphatic rings. The minimum atomic E-state index is 0.521. The van der Waals surface area contributed by atoms with Crippen LogP contribution in [0.4, 0.5) is 5.82 Å². The third-order valence-electron chi connectivity index (χ3n) is 1.86. The van der Waals surface area contributed by atoms with Gasteiger partial charge in [0.05, 0.1) is 6.20 Å². The molecule has 0 unspecified atom stereocenters. The van der Waals surface area contributed by atoms with Gasteiger partial charge in [-0.05, 0) is 6.42 Å². The Morgan fingerprint density at radius 1 is 1.73 bits per heavy atom. The van der Waals surface area contributed by atoms with Crippen molar-refractivity contribution >= 4 is 12.1 Å². The van der Waals surface area contributed by atoms with Crippen molar-refractivity contribution in [1.82, 2.24) is 9.55 Å². The Balaban J connectivity index is 2.45. The molecule has 4 nitrogen and oxygen atoms in total. The average Bonchev–Trinajstić information content (AvgIpc) is 2.47. The standard InChI is InChI=1S/C7H9N3O/c11-5-7-9-4-6-8-2-1-3-10(6)7/h4-5,8H,1-3H2. The Bertz CT molecular complexity index is 279. The van der Waals surface area contributed by atoms with Crippen LogP contribution < -0.4 is 5.32 Å². The van der Waals surface area contributed by atoms with E-state index in [1.165, 1.54) is 0 Å². The zero-order chi connectivity index (χ0) is 7.68. The lowest BCUT2D eigenvalue weighted by Gasteiger charge is -2.16. The van der Waals surface area contributed by atoms with Gasteiger partial charge in [-0.25, -0.2) is 4.98 Å². The number of aromatic nitrogens is 2. The molecule has 0 fully saturated rings. The Labute approximate surface area is 64.2 Å². The SMILES string of the molecule is O=Cc1ncc2n1CCCN2. The van der Waals surface area contributed by atoms with Crippen LogP contribution in [-0.2, 0) is 6.54 Å². The summed E-state index contributed by atoms with van der Waals surface area (Å²) in [6.45, 7) is 1.88. The van der Waals surface area contributed by atoms with E-state index in [1.807, 2.05) is 4.57 Å². The quantitative estimate of drug-likeness (QED) is 0.595. The summed E-state index contributed by atoms with van der Waals surface area (Å²) in [5.41, 5.74) is 0. The van der Waals surface area contributed by atoms with Gasteiger partial charge in [-0.3, -0.25) is 4.79 Å². The van der Waals surface area contributed by atoms with Gasteiger partial charge in [-0.15, -0.1) is 0 Å². The monoisotopic (exact) mass is 151 g/mol. The van der Waals surface area contributed by atoms with Crippen LogP contribution in [0.15, 0.2) is 6.20 Å². The van der Waals surface area contributed by atoms with Crippen LogP contribution in [0.2, 0.25) is 0 Å². The van der Waals surface area contributed by atoms with Crippen LogP contribution in [-0.4, -0.2) is 22.4 Å². The van der Waals surface area contributed by atoms with Gasteiger partial charge in [0.1, 0.15) is 5.82 Å². The fourth-order valence-corrected chi connectivity index (χ4v) is 1.31. The van der Waals surface area contributed by atoms with E-state index in [1.54, 1.807) is 6.20 Å². The summed E-state index contributed by atoms with van der Waals surface area (Å²) < 4.78 is 1.90. The first-order valence-electron chi connectivity index (χ1n) is 3.66. The molecule has 0 aliphatic carbocycles. The molecule has 0 atom stereocenters. The number of carbonyl (C=O) groups is 1. The second-order valence-electron chi connectivity index (χ2n) is 2.55. The van der Waals surface area contributed by atoms with E-state index < -0.39 is 0 Å². The second-order valence-corrected chi connectivity index (χ2v) is 2.55. The number of nitrogens with zero attached hydrogens (tertiary/aromatic N) is 2. The summed E-state index contributed by atoms with van der Waals surface area (Å²) in [7, 11) is 0. The lowest BCUT2D eigenvalue weighted by Crippen LogP contribution is -2.17. The smallest absolute Gasteiger partial charge is 0.185 e. The van der Waals surface area contributed by atoms with Gasteiger partial charge in [-0.1, -0.05) is 0 Å².